The highest BCUT2D eigenvalue weighted by atomic mass is 32.2. The Balaban J connectivity index is 1.95. The molecular formula is C16H14F3NO4S. The van der Waals surface area contributed by atoms with E-state index in [0.29, 0.717) is 5.69 Å². The maximum atomic E-state index is 12.6. The van der Waals surface area contributed by atoms with Gasteiger partial charge in [0.25, 0.3) is 5.91 Å². The van der Waals surface area contributed by atoms with Crippen molar-refractivity contribution in [3.8, 4) is 5.75 Å². The molecule has 0 aliphatic rings. The van der Waals surface area contributed by atoms with Gasteiger partial charge in [0.15, 0.2) is 16.4 Å². The minimum Gasteiger partial charge on any atom is -0.484 e. The van der Waals surface area contributed by atoms with Crippen LogP contribution in [-0.4, -0.2) is 27.2 Å². The van der Waals surface area contributed by atoms with Crippen molar-refractivity contribution < 1.29 is 31.1 Å². The van der Waals surface area contributed by atoms with Gasteiger partial charge in [0, 0.05) is 11.9 Å². The molecule has 0 saturated heterocycles. The van der Waals surface area contributed by atoms with Gasteiger partial charge < -0.3 is 10.1 Å². The molecule has 9 heteroatoms. The van der Waals surface area contributed by atoms with Gasteiger partial charge in [-0.05, 0) is 42.5 Å². The van der Waals surface area contributed by atoms with Crippen LogP contribution >= 0.6 is 0 Å². The van der Waals surface area contributed by atoms with Crippen molar-refractivity contribution in [2.24, 2.45) is 0 Å². The topological polar surface area (TPSA) is 72.5 Å². The summed E-state index contributed by atoms with van der Waals surface area (Å²) in [5, 5.41) is 2.45. The highest BCUT2D eigenvalue weighted by Gasteiger charge is 2.30. The Bertz CT molecular complexity index is 862. The van der Waals surface area contributed by atoms with Gasteiger partial charge >= 0.3 is 6.18 Å². The lowest BCUT2D eigenvalue weighted by molar-refractivity contribution is -0.137. The first kappa shape index (κ1) is 18.8. The van der Waals surface area contributed by atoms with Crippen LogP contribution in [0, 0.1) is 0 Å². The normalized spacial score (nSPS) is 11.8. The van der Waals surface area contributed by atoms with Crippen LogP contribution in [0.1, 0.15) is 5.56 Å². The predicted octanol–water partition coefficient (Wildman–Crippen LogP) is 3.13. The first-order chi connectivity index (χ1) is 11.6. The monoisotopic (exact) mass is 373 g/mol. The number of alkyl halides is 3. The largest absolute Gasteiger partial charge is 0.484 e. The Labute approximate surface area is 142 Å². The Kier molecular flexibility index (Phi) is 5.36. The molecule has 0 unspecified atom stereocenters. The van der Waals surface area contributed by atoms with E-state index in [2.05, 4.69) is 5.32 Å². The van der Waals surface area contributed by atoms with Crippen LogP contribution in [-0.2, 0) is 20.8 Å². The SMILES string of the molecule is CS(=O)(=O)c1ccc(NC(=O)COc2cccc(C(F)(F)F)c2)cc1. The summed E-state index contributed by atoms with van der Waals surface area (Å²) in [5.41, 5.74) is -0.535. The quantitative estimate of drug-likeness (QED) is 0.874. The average Bonchev–Trinajstić information content (AvgIpc) is 2.52. The maximum Gasteiger partial charge on any atom is 0.416 e. The number of carbonyl (C=O) groups excluding carboxylic acids is 1. The Morgan fingerprint density at radius 1 is 1.12 bits per heavy atom. The summed E-state index contributed by atoms with van der Waals surface area (Å²) in [6, 6.07) is 9.65. The molecule has 134 valence electrons. The third kappa shape index (κ3) is 5.49. The molecule has 1 amide bonds. The second-order valence-electron chi connectivity index (χ2n) is 5.16. The number of amides is 1. The van der Waals surface area contributed by atoms with E-state index in [1.165, 1.54) is 36.4 Å². The van der Waals surface area contributed by atoms with E-state index in [9.17, 15) is 26.4 Å². The van der Waals surface area contributed by atoms with Crippen molar-refractivity contribution in [1.82, 2.24) is 0 Å². The van der Waals surface area contributed by atoms with Crippen LogP contribution in [0.2, 0.25) is 0 Å². The number of rotatable bonds is 5. The minimum atomic E-state index is -4.50. The summed E-state index contributed by atoms with van der Waals surface area (Å²) in [6.45, 7) is -0.491. The molecule has 0 aliphatic heterocycles. The van der Waals surface area contributed by atoms with E-state index in [1.807, 2.05) is 0 Å². The Hall–Kier alpha value is -2.55. The van der Waals surface area contributed by atoms with E-state index >= 15 is 0 Å². The number of nitrogens with one attached hydrogen (secondary N) is 1. The average molecular weight is 373 g/mol. The number of carbonyl (C=O) groups is 1. The first-order valence-electron chi connectivity index (χ1n) is 6.96. The molecule has 2 aromatic rings. The van der Waals surface area contributed by atoms with E-state index in [1.54, 1.807) is 0 Å². The van der Waals surface area contributed by atoms with Gasteiger partial charge in [-0.1, -0.05) is 6.07 Å². The molecule has 0 spiro atoms. The van der Waals surface area contributed by atoms with Gasteiger partial charge in [-0.15, -0.1) is 0 Å². The number of benzene rings is 2. The summed E-state index contributed by atoms with van der Waals surface area (Å²) in [6.07, 6.45) is -3.44. The second kappa shape index (κ2) is 7.14. The summed E-state index contributed by atoms with van der Waals surface area (Å²) in [5.74, 6) is -0.679. The zero-order chi connectivity index (χ0) is 18.7. The molecule has 0 aliphatic carbocycles. The number of anilines is 1. The van der Waals surface area contributed by atoms with Crippen molar-refractivity contribution in [3.63, 3.8) is 0 Å². The second-order valence-corrected chi connectivity index (χ2v) is 7.17. The van der Waals surface area contributed by atoms with Crippen molar-refractivity contribution in [2.45, 2.75) is 11.1 Å². The fourth-order valence-electron chi connectivity index (χ4n) is 1.89. The lowest BCUT2D eigenvalue weighted by atomic mass is 10.2. The molecule has 0 atom stereocenters. The van der Waals surface area contributed by atoms with E-state index in [0.717, 1.165) is 18.4 Å². The molecule has 1 N–H and O–H groups in total. The van der Waals surface area contributed by atoms with Crippen molar-refractivity contribution in [1.29, 1.82) is 0 Å². The molecule has 0 aromatic heterocycles. The predicted molar refractivity (Wildman–Crippen MR) is 85.1 cm³/mol. The van der Waals surface area contributed by atoms with Gasteiger partial charge in [-0.25, -0.2) is 8.42 Å². The number of sulfone groups is 1. The van der Waals surface area contributed by atoms with Crippen LogP contribution in [0.25, 0.3) is 0 Å². The van der Waals surface area contributed by atoms with Gasteiger partial charge in [-0.2, -0.15) is 13.2 Å². The lowest BCUT2D eigenvalue weighted by Gasteiger charge is -2.10. The van der Waals surface area contributed by atoms with Crippen LogP contribution in [0.5, 0.6) is 5.75 Å². The standard InChI is InChI=1S/C16H14F3NO4S/c1-25(22,23)14-7-5-12(6-8-14)20-15(21)10-24-13-4-2-3-11(9-13)16(17,18)19/h2-9H,10H2,1H3,(H,20,21). The maximum absolute atomic E-state index is 12.6. The Morgan fingerprint density at radius 3 is 2.32 bits per heavy atom. The van der Waals surface area contributed by atoms with Crippen molar-refractivity contribution in [3.05, 3.63) is 54.1 Å². The highest BCUT2D eigenvalue weighted by molar-refractivity contribution is 7.90. The molecule has 0 saturated carbocycles. The van der Waals surface area contributed by atoms with E-state index in [-0.39, 0.29) is 10.6 Å². The number of halogens is 3. The number of hydrogen-bond acceptors (Lipinski definition) is 4. The molecule has 0 heterocycles. The van der Waals surface area contributed by atoms with Gasteiger partial charge in [-0.3, -0.25) is 4.79 Å². The van der Waals surface area contributed by atoms with Crippen molar-refractivity contribution in [2.75, 3.05) is 18.2 Å². The third-order valence-electron chi connectivity index (χ3n) is 3.10. The van der Waals surface area contributed by atoms with Crippen LogP contribution in [0.4, 0.5) is 18.9 Å². The zero-order valence-electron chi connectivity index (χ0n) is 13.0. The summed E-state index contributed by atoms with van der Waals surface area (Å²) in [4.78, 5) is 11.9. The molecule has 2 aromatic carbocycles. The summed E-state index contributed by atoms with van der Waals surface area (Å²) < 4.78 is 65.5. The van der Waals surface area contributed by atoms with Gasteiger partial charge in [0.05, 0.1) is 10.5 Å². The van der Waals surface area contributed by atoms with Crippen LogP contribution < -0.4 is 10.1 Å². The highest BCUT2D eigenvalue weighted by Crippen LogP contribution is 2.31. The van der Waals surface area contributed by atoms with Gasteiger partial charge in [0.1, 0.15) is 5.75 Å². The van der Waals surface area contributed by atoms with Crippen LogP contribution in [0.15, 0.2) is 53.4 Å². The molecule has 25 heavy (non-hydrogen) atoms. The Morgan fingerprint density at radius 2 is 1.76 bits per heavy atom. The van der Waals surface area contributed by atoms with Gasteiger partial charge in [0.2, 0.25) is 0 Å². The smallest absolute Gasteiger partial charge is 0.416 e. The van der Waals surface area contributed by atoms with E-state index < -0.39 is 34.1 Å². The van der Waals surface area contributed by atoms with Crippen LogP contribution in [0.3, 0.4) is 0 Å². The molecule has 2 rings (SSSR count). The molecular weight excluding hydrogens is 359 g/mol. The van der Waals surface area contributed by atoms with E-state index in [4.69, 9.17) is 4.74 Å². The summed E-state index contributed by atoms with van der Waals surface area (Å²) >= 11 is 0. The third-order valence-corrected chi connectivity index (χ3v) is 4.23. The fraction of sp³-hybridized carbons (Fsp3) is 0.188. The summed E-state index contributed by atoms with van der Waals surface area (Å²) in [7, 11) is -3.34. The minimum absolute atomic E-state index is 0.0857. The molecule has 0 fully saturated rings. The van der Waals surface area contributed by atoms with Crippen molar-refractivity contribution >= 4 is 21.4 Å². The molecule has 0 bridgehead atoms. The molecule has 0 radical (unpaired) electrons. The lowest BCUT2D eigenvalue weighted by Crippen LogP contribution is -2.20. The number of hydrogen-bond donors (Lipinski definition) is 1. The zero-order valence-corrected chi connectivity index (χ0v) is 13.8. The fourth-order valence-corrected chi connectivity index (χ4v) is 2.52. The molecule has 5 nitrogen and oxygen atoms in total. The number of ether oxygens (including phenoxy) is 1. The first-order valence-corrected chi connectivity index (χ1v) is 8.85.